The van der Waals surface area contributed by atoms with Gasteiger partial charge in [-0.2, -0.15) is 5.10 Å². The van der Waals surface area contributed by atoms with Crippen molar-refractivity contribution in [2.75, 3.05) is 11.9 Å². The van der Waals surface area contributed by atoms with E-state index in [2.05, 4.69) is 26.3 Å². The highest BCUT2D eigenvalue weighted by Crippen LogP contribution is 2.16. The molecule has 1 heterocycles. The predicted octanol–water partition coefficient (Wildman–Crippen LogP) is 0.484. The molecule has 6 nitrogen and oxygen atoms in total. The highest BCUT2D eigenvalue weighted by molar-refractivity contribution is 9.10. The van der Waals surface area contributed by atoms with Crippen LogP contribution < -0.4 is 16.6 Å². The summed E-state index contributed by atoms with van der Waals surface area (Å²) < 4.78 is 1.69. The first kappa shape index (κ1) is 12.7. The number of nitrogens with two attached hydrogens (primary N) is 1. The number of carbonyl (C=O) groups is 1. The van der Waals surface area contributed by atoms with Crippen LogP contribution in [-0.2, 0) is 4.79 Å². The van der Waals surface area contributed by atoms with Crippen LogP contribution in [0.5, 0.6) is 0 Å². The highest BCUT2D eigenvalue weighted by atomic mass is 79.9. The van der Waals surface area contributed by atoms with Gasteiger partial charge in [0.1, 0.15) is 4.47 Å². The van der Waals surface area contributed by atoms with E-state index in [0.717, 1.165) is 0 Å². The minimum atomic E-state index is -0.500. The van der Waals surface area contributed by atoms with E-state index >= 15 is 0 Å². The zero-order valence-corrected chi connectivity index (χ0v) is 10.6. The first-order chi connectivity index (χ1) is 7.43. The van der Waals surface area contributed by atoms with Gasteiger partial charge in [0.15, 0.2) is 0 Å². The van der Waals surface area contributed by atoms with Gasteiger partial charge in [-0.1, -0.05) is 0 Å². The predicted molar refractivity (Wildman–Crippen MR) is 64.3 cm³/mol. The maximum Gasteiger partial charge on any atom is 0.283 e. The average Bonchev–Trinajstić information content (AvgIpc) is 2.19. The fourth-order valence-electron chi connectivity index (χ4n) is 1.12. The van der Waals surface area contributed by atoms with Crippen LogP contribution in [0.4, 0.5) is 5.69 Å². The van der Waals surface area contributed by atoms with Crippen LogP contribution in [-0.4, -0.2) is 22.2 Å². The van der Waals surface area contributed by atoms with Crippen molar-refractivity contribution in [2.24, 2.45) is 5.73 Å². The number of nitrogens with zero attached hydrogens (tertiary/aromatic N) is 2. The number of amides is 1. The summed E-state index contributed by atoms with van der Waals surface area (Å²) in [6, 6.07) is -0.0195. The highest BCUT2D eigenvalue weighted by Gasteiger charge is 2.10. The summed E-state index contributed by atoms with van der Waals surface area (Å²) in [4.78, 5) is 22.4. The van der Waals surface area contributed by atoms with Gasteiger partial charge in [0, 0.05) is 0 Å². The molecule has 88 valence electrons. The van der Waals surface area contributed by atoms with Gasteiger partial charge in [-0.05, 0) is 29.8 Å². The van der Waals surface area contributed by atoms with Gasteiger partial charge in [-0.15, -0.1) is 0 Å². The molecule has 3 N–H and O–H groups in total. The topological polar surface area (TPSA) is 90.0 Å². The molecule has 1 aromatic heterocycles. The lowest BCUT2D eigenvalue weighted by atomic mass is 10.4. The van der Waals surface area contributed by atoms with Crippen molar-refractivity contribution in [3.05, 3.63) is 21.0 Å². The van der Waals surface area contributed by atoms with Crippen LogP contribution in [0.1, 0.15) is 19.9 Å². The fraction of sp³-hybridized carbons (Fsp3) is 0.444. The van der Waals surface area contributed by atoms with Crippen molar-refractivity contribution in [2.45, 2.75) is 19.9 Å². The molecule has 0 aliphatic rings. The zero-order chi connectivity index (χ0) is 12.3. The molecule has 0 fully saturated rings. The van der Waals surface area contributed by atoms with Crippen molar-refractivity contribution in [1.82, 2.24) is 9.78 Å². The summed E-state index contributed by atoms with van der Waals surface area (Å²) in [7, 11) is 0. The Labute approximate surface area is 101 Å². The lowest BCUT2D eigenvalue weighted by Crippen LogP contribution is -2.28. The lowest BCUT2D eigenvalue weighted by Gasteiger charge is -2.11. The summed E-state index contributed by atoms with van der Waals surface area (Å²) >= 11 is 3.16. The largest absolute Gasteiger partial charge is 0.374 e. The van der Waals surface area contributed by atoms with Gasteiger partial charge in [-0.3, -0.25) is 9.59 Å². The fourth-order valence-corrected chi connectivity index (χ4v) is 1.54. The molecule has 0 aliphatic heterocycles. The molecule has 1 aromatic rings. The number of carbonyl (C=O) groups excluding carboxylic acids is 1. The third-order valence-electron chi connectivity index (χ3n) is 1.89. The molecular weight excluding hydrogens is 276 g/mol. The van der Waals surface area contributed by atoms with E-state index in [0.29, 0.717) is 10.2 Å². The zero-order valence-electron chi connectivity index (χ0n) is 9.03. The molecule has 0 saturated carbocycles. The molecule has 0 bridgehead atoms. The van der Waals surface area contributed by atoms with E-state index in [-0.39, 0.29) is 18.1 Å². The van der Waals surface area contributed by atoms with Crippen molar-refractivity contribution < 1.29 is 4.79 Å². The van der Waals surface area contributed by atoms with Gasteiger partial charge in [0.05, 0.1) is 24.5 Å². The third-order valence-corrected chi connectivity index (χ3v) is 2.65. The number of hydrogen-bond acceptors (Lipinski definition) is 4. The van der Waals surface area contributed by atoms with Gasteiger partial charge >= 0.3 is 0 Å². The van der Waals surface area contributed by atoms with E-state index in [4.69, 9.17) is 5.73 Å². The van der Waals surface area contributed by atoms with E-state index in [1.807, 2.05) is 13.8 Å². The molecule has 0 aromatic carbocycles. The van der Waals surface area contributed by atoms with E-state index in [9.17, 15) is 9.59 Å². The minimum absolute atomic E-state index is 0.0195. The Kier molecular flexibility index (Phi) is 4.05. The van der Waals surface area contributed by atoms with Gasteiger partial charge in [0.2, 0.25) is 5.91 Å². The summed E-state index contributed by atoms with van der Waals surface area (Å²) in [5, 5.41) is 6.70. The molecule has 0 unspecified atom stereocenters. The summed E-state index contributed by atoms with van der Waals surface area (Å²) in [6.45, 7) is 3.68. The molecule has 0 saturated heterocycles. The summed E-state index contributed by atoms with van der Waals surface area (Å²) in [6.07, 6.45) is 1.48. The summed E-state index contributed by atoms with van der Waals surface area (Å²) in [5.74, 6) is -0.500. The van der Waals surface area contributed by atoms with Crippen molar-refractivity contribution in [1.29, 1.82) is 0 Å². The Hall–Kier alpha value is -1.37. The summed E-state index contributed by atoms with van der Waals surface area (Å²) in [5.41, 5.74) is 5.20. The van der Waals surface area contributed by atoms with Crippen LogP contribution in [0, 0.1) is 0 Å². The van der Waals surface area contributed by atoms with Crippen LogP contribution in [0.15, 0.2) is 15.5 Å². The maximum absolute atomic E-state index is 11.8. The Balaban J connectivity index is 3.03. The Morgan fingerprint density at radius 1 is 1.69 bits per heavy atom. The second-order valence-electron chi connectivity index (χ2n) is 3.54. The number of rotatable bonds is 4. The smallest absolute Gasteiger partial charge is 0.283 e. The van der Waals surface area contributed by atoms with E-state index in [1.165, 1.54) is 10.9 Å². The second kappa shape index (κ2) is 5.11. The van der Waals surface area contributed by atoms with Gasteiger partial charge in [0.25, 0.3) is 5.56 Å². The number of hydrogen-bond donors (Lipinski definition) is 2. The number of anilines is 1. The standard InChI is InChI=1S/C9H13BrN4O2/c1-5(2)14-9(16)8(10)6(3-13-14)12-4-7(11)15/h3,5,12H,4H2,1-2H3,(H2,11,15). The Bertz CT molecular complexity index is 455. The molecule has 0 atom stereocenters. The number of primary amides is 1. The first-order valence-corrected chi connectivity index (χ1v) is 5.52. The number of halogens is 1. The van der Waals surface area contributed by atoms with Crippen LogP contribution in [0.2, 0.25) is 0 Å². The molecular formula is C9H13BrN4O2. The number of aromatic nitrogens is 2. The molecule has 7 heteroatoms. The first-order valence-electron chi connectivity index (χ1n) is 4.73. The van der Waals surface area contributed by atoms with Crippen LogP contribution in [0.25, 0.3) is 0 Å². The molecule has 0 radical (unpaired) electrons. The Morgan fingerprint density at radius 2 is 2.31 bits per heavy atom. The van der Waals surface area contributed by atoms with Crippen LogP contribution in [0.3, 0.4) is 0 Å². The number of nitrogens with one attached hydrogen (secondary N) is 1. The third kappa shape index (κ3) is 2.82. The Morgan fingerprint density at radius 3 is 2.81 bits per heavy atom. The quantitative estimate of drug-likeness (QED) is 0.843. The molecule has 0 aliphatic carbocycles. The minimum Gasteiger partial charge on any atom is -0.374 e. The van der Waals surface area contributed by atoms with Crippen molar-refractivity contribution in [3.8, 4) is 0 Å². The lowest BCUT2D eigenvalue weighted by molar-refractivity contribution is -0.116. The molecule has 16 heavy (non-hydrogen) atoms. The monoisotopic (exact) mass is 288 g/mol. The molecule has 1 amide bonds. The normalized spacial score (nSPS) is 10.5. The molecule has 0 spiro atoms. The van der Waals surface area contributed by atoms with Crippen molar-refractivity contribution >= 4 is 27.5 Å². The van der Waals surface area contributed by atoms with E-state index < -0.39 is 5.91 Å². The van der Waals surface area contributed by atoms with Gasteiger partial charge < -0.3 is 11.1 Å². The second-order valence-corrected chi connectivity index (χ2v) is 4.33. The van der Waals surface area contributed by atoms with Crippen LogP contribution >= 0.6 is 15.9 Å². The van der Waals surface area contributed by atoms with E-state index in [1.54, 1.807) is 0 Å². The SMILES string of the molecule is CC(C)n1ncc(NCC(N)=O)c(Br)c1=O. The maximum atomic E-state index is 11.8. The van der Waals surface area contributed by atoms with Crippen molar-refractivity contribution in [3.63, 3.8) is 0 Å². The molecule has 1 rings (SSSR count). The van der Waals surface area contributed by atoms with Gasteiger partial charge in [-0.25, -0.2) is 4.68 Å². The average molecular weight is 289 g/mol.